The first-order valence-corrected chi connectivity index (χ1v) is 8.40. The molecule has 3 N–H and O–H groups in total. The minimum atomic E-state index is -1.15. The highest BCUT2D eigenvalue weighted by atomic mass is 16.5. The zero-order valence-electron chi connectivity index (χ0n) is 14.7. The van der Waals surface area contributed by atoms with Crippen molar-refractivity contribution in [2.45, 2.75) is 38.6 Å². The van der Waals surface area contributed by atoms with Crippen LogP contribution in [0.2, 0.25) is 0 Å². The van der Waals surface area contributed by atoms with Crippen LogP contribution in [0.1, 0.15) is 31.7 Å². The van der Waals surface area contributed by atoms with Gasteiger partial charge in [-0.3, -0.25) is 14.4 Å². The fourth-order valence-electron chi connectivity index (χ4n) is 2.19. The van der Waals surface area contributed by atoms with Gasteiger partial charge in [-0.15, -0.1) is 0 Å². The number of amides is 2. The molecule has 0 saturated carbocycles. The normalized spacial score (nSPS) is 11.3. The molecule has 26 heavy (non-hydrogen) atoms. The number of aliphatic carboxylic acids is 1. The minimum Gasteiger partial charge on any atom is -0.480 e. The number of carbonyl (C=O) groups is 4. The Kier molecular flexibility index (Phi) is 9.45. The topological polar surface area (TPSA) is 122 Å². The molecule has 142 valence electrons. The monoisotopic (exact) mass is 364 g/mol. The number of rotatable bonds is 11. The van der Waals surface area contributed by atoms with Gasteiger partial charge in [0.05, 0.1) is 13.2 Å². The van der Waals surface area contributed by atoms with Crippen LogP contribution in [0.15, 0.2) is 30.3 Å². The Morgan fingerprint density at radius 2 is 1.77 bits per heavy atom. The Labute approximate surface area is 151 Å². The second-order valence-corrected chi connectivity index (χ2v) is 5.58. The van der Waals surface area contributed by atoms with Crippen molar-refractivity contribution in [1.29, 1.82) is 0 Å². The molecule has 0 spiro atoms. The van der Waals surface area contributed by atoms with Gasteiger partial charge in [-0.2, -0.15) is 0 Å². The maximum Gasteiger partial charge on any atom is 0.326 e. The van der Waals surface area contributed by atoms with Crippen LogP contribution in [0, 0.1) is 0 Å². The molecule has 0 aliphatic carbocycles. The van der Waals surface area contributed by atoms with E-state index in [1.165, 1.54) is 0 Å². The molecule has 0 aliphatic heterocycles. The molecule has 0 fully saturated rings. The largest absolute Gasteiger partial charge is 0.480 e. The number of carboxylic acid groups (broad SMARTS) is 1. The molecular weight excluding hydrogens is 340 g/mol. The Hall–Kier alpha value is -2.90. The molecule has 1 rings (SSSR count). The van der Waals surface area contributed by atoms with Gasteiger partial charge in [-0.25, -0.2) is 4.79 Å². The summed E-state index contributed by atoms with van der Waals surface area (Å²) in [6.07, 6.45) is 0.678. The summed E-state index contributed by atoms with van der Waals surface area (Å²) in [4.78, 5) is 45.9. The lowest BCUT2D eigenvalue weighted by Gasteiger charge is -2.15. The number of esters is 1. The van der Waals surface area contributed by atoms with E-state index in [9.17, 15) is 24.3 Å². The zero-order valence-corrected chi connectivity index (χ0v) is 14.7. The maximum absolute atomic E-state index is 11.9. The summed E-state index contributed by atoms with van der Waals surface area (Å²) in [6, 6.07) is 7.85. The summed E-state index contributed by atoms with van der Waals surface area (Å²) in [7, 11) is 0. The molecule has 0 radical (unpaired) electrons. The molecule has 1 atom stereocenters. The number of benzene rings is 1. The van der Waals surface area contributed by atoms with Crippen LogP contribution in [0.4, 0.5) is 0 Å². The molecule has 0 aromatic heterocycles. The Morgan fingerprint density at radius 1 is 1.08 bits per heavy atom. The third kappa shape index (κ3) is 8.81. The van der Waals surface area contributed by atoms with Crippen LogP contribution in [0.25, 0.3) is 0 Å². The van der Waals surface area contributed by atoms with Gasteiger partial charge in [-0.05, 0) is 18.9 Å². The summed E-state index contributed by atoms with van der Waals surface area (Å²) in [5.74, 6) is -2.50. The van der Waals surface area contributed by atoms with Crippen molar-refractivity contribution in [3.8, 4) is 0 Å². The van der Waals surface area contributed by atoms with Crippen LogP contribution in [0.3, 0.4) is 0 Å². The van der Waals surface area contributed by atoms with Crippen molar-refractivity contribution in [3.63, 3.8) is 0 Å². The van der Waals surface area contributed by atoms with Gasteiger partial charge in [0.15, 0.2) is 0 Å². The number of nitrogens with one attached hydrogen (secondary N) is 2. The Bertz CT molecular complexity index is 617. The number of carbonyl (C=O) groups excluding carboxylic acids is 3. The SMILES string of the molecule is CCOC(=O)CCCC(=O)NCC(=O)N[C@@H](Cc1ccccc1)C(=O)O. The summed E-state index contributed by atoms with van der Waals surface area (Å²) in [5.41, 5.74) is 0.781. The van der Waals surface area contributed by atoms with Crippen molar-refractivity contribution in [1.82, 2.24) is 10.6 Å². The van der Waals surface area contributed by atoms with Crippen molar-refractivity contribution in [2.75, 3.05) is 13.2 Å². The Balaban J connectivity index is 2.33. The standard InChI is InChI=1S/C18H24N2O6/c1-2-26-17(23)10-6-9-15(21)19-12-16(22)20-14(18(24)25)11-13-7-4-3-5-8-13/h3-5,7-8,14H,2,6,9-12H2,1H3,(H,19,21)(H,20,22)(H,24,25)/t14-/m0/s1. The third-order valence-electron chi connectivity index (χ3n) is 3.45. The van der Waals surface area contributed by atoms with E-state index in [1.54, 1.807) is 31.2 Å². The molecular formula is C18H24N2O6. The van der Waals surface area contributed by atoms with E-state index in [4.69, 9.17) is 4.74 Å². The van der Waals surface area contributed by atoms with Crippen molar-refractivity contribution < 1.29 is 29.0 Å². The molecule has 0 heterocycles. The van der Waals surface area contributed by atoms with Crippen LogP contribution in [-0.4, -0.2) is 48.1 Å². The van der Waals surface area contributed by atoms with E-state index in [-0.39, 0.29) is 37.7 Å². The van der Waals surface area contributed by atoms with Crippen LogP contribution in [0.5, 0.6) is 0 Å². The second-order valence-electron chi connectivity index (χ2n) is 5.58. The van der Waals surface area contributed by atoms with Crippen LogP contribution < -0.4 is 10.6 Å². The molecule has 0 unspecified atom stereocenters. The fraction of sp³-hybridized carbons (Fsp3) is 0.444. The molecule has 0 bridgehead atoms. The average Bonchev–Trinajstić information content (AvgIpc) is 2.60. The van der Waals surface area contributed by atoms with Crippen LogP contribution in [-0.2, 0) is 30.3 Å². The van der Waals surface area contributed by atoms with Gasteiger partial charge in [0, 0.05) is 19.3 Å². The van der Waals surface area contributed by atoms with Gasteiger partial charge in [0.1, 0.15) is 6.04 Å². The molecule has 1 aromatic carbocycles. The van der Waals surface area contributed by atoms with Crippen LogP contribution >= 0.6 is 0 Å². The van der Waals surface area contributed by atoms with E-state index < -0.39 is 17.9 Å². The van der Waals surface area contributed by atoms with E-state index in [1.807, 2.05) is 6.07 Å². The number of ether oxygens (including phenoxy) is 1. The Morgan fingerprint density at radius 3 is 2.38 bits per heavy atom. The third-order valence-corrected chi connectivity index (χ3v) is 3.45. The van der Waals surface area contributed by atoms with Gasteiger partial charge in [0.2, 0.25) is 11.8 Å². The quantitative estimate of drug-likeness (QED) is 0.496. The van der Waals surface area contributed by atoms with E-state index in [2.05, 4.69) is 10.6 Å². The molecule has 1 aromatic rings. The zero-order chi connectivity index (χ0) is 19.4. The summed E-state index contributed by atoms with van der Waals surface area (Å²) in [6.45, 7) is 1.67. The predicted molar refractivity (Wildman–Crippen MR) is 93.2 cm³/mol. The van der Waals surface area contributed by atoms with E-state index >= 15 is 0 Å². The fourth-order valence-corrected chi connectivity index (χ4v) is 2.19. The molecule has 0 saturated heterocycles. The lowest BCUT2D eigenvalue weighted by molar-refractivity contribution is -0.143. The molecule has 8 heteroatoms. The average molecular weight is 364 g/mol. The lowest BCUT2D eigenvalue weighted by Crippen LogP contribution is -2.46. The number of carboxylic acids is 1. The lowest BCUT2D eigenvalue weighted by atomic mass is 10.1. The van der Waals surface area contributed by atoms with Gasteiger partial charge in [0.25, 0.3) is 0 Å². The van der Waals surface area contributed by atoms with Gasteiger partial charge >= 0.3 is 11.9 Å². The highest BCUT2D eigenvalue weighted by molar-refractivity contribution is 5.88. The molecule has 8 nitrogen and oxygen atoms in total. The van der Waals surface area contributed by atoms with Crippen molar-refractivity contribution >= 4 is 23.8 Å². The first-order chi connectivity index (χ1) is 12.4. The highest BCUT2D eigenvalue weighted by Crippen LogP contribution is 2.03. The molecule has 0 aliphatic rings. The molecule has 2 amide bonds. The number of hydrogen-bond acceptors (Lipinski definition) is 5. The smallest absolute Gasteiger partial charge is 0.326 e. The minimum absolute atomic E-state index is 0.0818. The van der Waals surface area contributed by atoms with Crippen molar-refractivity contribution in [2.24, 2.45) is 0 Å². The summed E-state index contributed by atoms with van der Waals surface area (Å²) < 4.78 is 4.75. The van der Waals surface area contributed by atoms with Gasteiger partial charge in [-0.1, -0.05) is 30.3 Å². The second kappa shape index (κ2) is 11.6. The predicted octanol–water partition coefficient (Wildman–Crippen LogP) is 0.648. The summed E-state index contributed by atoms with van der Waals surface area (Å²) in [5, 5.41) is 14.0. The highest BCUT2D eigenvalue weighted by Gasteiger charge is 2.20. The summed E-state index contributed by atoms with van der Waals surface area (Å²) >= 11 is 0. The first kappa shape index (κ1) is 21.1. The maximum atomic E-state index is 11.9. The first-order valence-electron chi connectivity index (χ1n) is 8.40. The van der Waals surface area contributed by atoms with Crippen molar-refractivity contribution in [3.05, 3.63) is 35.9 Å². The van der Waals surface area contributed by atoms with E-state index in [0.717, 1.165) is 5.56 Å². The number of hydrogen-bond donors (Lipinski definition) is 3. The van der Waals surface area contributed by atoms with Gasteiger partial charge < -0.3 is 20.5 Å². The van der Waals surface area contributed by atoms with E-state index in [0.29, 0.717) is 13.0 Å².